The summed E-state index contributed by atoms with van der Waals surface area (Å²) in [6, 6.07) is 4.56. The summed E-state index contributed by atoms with van der Waals surface area (Å²) >= 11 is 0. The molecule has 1 aliphatic rings. The van der Waals surface area contributed by atoms with E-state index in [1.54, 1.807) is 0 Å². The molecule has 2 rings (SSSR count). The van der Waals surface area contributed by atoms with Gasteiger partial charge in [0.15, 0.2) is 5.82 Å². The van der Waals surface area contributed by atoms with Crippen LogP contribution in [-0.4, -0.2) is 40.5 Å². The molecular formula is C16H28N4O. The molecule has 1 aromatic heterocycles. The van der Waals surface area contributed by atoms with Crippen LogP contribution in [0.5, 0.6) is 0 Å². The van der Waals surface area contributed by atoms with Gasteiger partial charge in [0.2, 0.25) is 0 Å². The van der Waals surface area contributed by atoms with Crippen LogP contribution < -0.4 is 10.2 Å². The van der Waals surface area contributed by atoms with E-state index < -0.39 is 0 Å². The number of morpholine rings is 1. The van der Waals surface area contributed by atoms with Crippen LogP contribution in [0, 0.1) is 0 Å². The summed E-state index contributed by atoms with van der Waals surface area (Å²) in [5.74, 6) is 0.924. The van der Waals surface area contributed by atoms with Crippen LogP contribution in [0.25, 0.3) is 0 Å². The molecule has 0 bridgehead atoms. The third-order valence-electron chi connectivity index (χ3n) is 3.42. The molecule has 1 N–H and O–H groups in total. The van der Waals surface area contributed by atoms with Crippen LogP contribution in [-0.2, 0) is 11.3 Å². The van der Waals surface area contributed by atoms with E-state index in [1.165, 1.54) is 0 Å². The number of nitrogens with one attached hydrogen (secondary N) is 1. The monoisotopic (exact) mass is 292 g/mol. The van der Waals surface area contributed by atoms with Gasteiger partial charge < -0.3 is 15.0 Å². The van der Waals surface area contributed by atoms with Crippen LogP contribution in [0.4, 0.5) is 5.82 Å². The van der Waals surface area contributed by atoms with Gasteiger partial charge in [0.05, 0.1) is 16.9 Å². The molecule has 0 aromatic carbocycles. The average molecular weight is 292 g/mol. The van der Waals surface area contributed by atoms with E-state index in [9.17, 15) is 0 Å². The SMILES string of the molecule is CC(C)NCc1ccc(N2CC(C)(C)OC(C)(C)C2)nn1. The maximum Gasteiger partial charge on any atom is 0.151 e. The van der Waals surface area contributed by atoms with E-state index in [0.29, 0.717) is 6.04 Å². The molecule has 21 heavy (non-hydrogen) atoms. The largest absolute Gasteiger partial charge is 0.366 e. The summed E-state index contributed by atoms with van der Waals surface area (Å²) in [6.45, 7) is 15.1. The summed E-state index contributed by atoms with van der Waals surface area (Å²) in [5, 5.41) is 12.1. The van der Waals surface area contributed by atoms with E-state index in [0.717, 1.165) is 31.1 Å². The Balaban J connectivity index is 2.07. The molecule has 0 unspecified atom stereocenters. The lowest BCUT2D eigenvalue weighted by Gasteiger charge is -2.47. The van der Waals surface area contributed by atoms with Crippen LogP contribution >= 0.6 is 0 Å². The van der Waals surface area contributed by atoms with Crippen LogP contribution in [0.1, 0.15) is 47.2 Å². The zero-order valence-corrected chi connectivity index (χ0v) is 14.1. The molecular weight excluding hydrogens is 264 g/mol. The van der Waals surface area contributed by atoms with Crippen molar-refractivity contribution in [3.8, 4) is 0 Å². The molecule has 1 fully saturated rings. The molecule has 0 atom stereocenters. The normalized spacial score (nSPS) is 20.8. The Kier molecular flexibility index (Phi) is 4.54. The molecule has 0 saturated carbocycles. The first-order chi connectivity index (χ1) is 9.67. The minimum atomic E-state index is -0.179. The summed E-state index contributed by atoms with van der Waals surface area (Å²) in [5.41, 5.74) is 0.613. The van der Waals surface area contributed by atoms with Gasteiger partial charge in [-0.15, -0.1) is 5.10 Å². The summed E-state index contributed by atoms with van der Waals surface area (Å²) < 4.78 is 6.10. The van der Waals surface area contributed by atoms with Gasteiger partial charge in [-0.25, -0.2) is 0 Å². The molecule has 0 spiro atoms. The highest BCUT2D eigenvalue weighted by molar-refractivity contribution is 5.39. The second kappa shape index (κ2) is 5.89. The number of nitrogens with zero attached hydrogens (tertiary/aromatic N) is 3. The first-order valence-electron chi connectivity index (χ1n) is 7.68. The first kappa shape index (κ1) is 16.2. The fourth-order valence-electron chi connectivity index (χ4n) is 2.87. The van der Waals surface area contributed by atoms with Gasteiger partial charge in [0.25, 0.3) is 0 Å². The maximum absolute atomic E-state index is 6.10. The average Bonchev–Trinajstić information content (AvgIpc) is 2.33. The Hall–Kier alpha value is -1.20. The lowest BCUT2D eigenvalue weighted by molar-refractivity contribution is -0.133. The van der Waals surface area contributed by atoms with E-state index in [-0.39, 0.29) is 11.2 Å². The predicted octanol–water partition coefficient (Wildman–Crippen LogP) is 2.37. The van der Waals surface area contributed by atoms with Gasteiger partial charge in [-0.3, -0.25) is 0 Å². The van der Waals surface area contributed by atoms with Crippen molar-refractivity contribution in [2.45, 2.75) is 65.3 Å². The van der Waals surface area contributed by atoms with Crippen molar-refractivity contribution in [1.82, 2.24) is 15.5 Å². The fourth-order valence-corrected chi connectivity index (χ4v) is 2.87. The van der Waals surface area contributed by atoms with Crippen LogP contribution in [0.2, 0.25) is 0 Å². The van der Waals surface area contributed by atoms with Gasteiger partial charge in [-0.05, 0) is 39.8 Å². The third-order valence-corrected chi connectivity index (χ3v) is 3.42. The lowest BCUT2D eigenvalue weighted by Crippen LogP contribution is -2.57. The second-order valence-corrected chi connectivity index (χ2v) is 7.40. The lowest BCUT2D eigenvalue weighted by atomic mass is 9.99. The highest BCUT2D eigenvalue weighted by atomic mass is 16.5. The summed E-state index contributed by atoms with van der Waals surface area (Å²) in [6.07, 6.45) is 0. The Morgan fingerprint density at radius 3 is 2.24 bits per heavy atom. The van der Waals surface area contributed by atoms with Crippen molar-refractivity contribution >= 4 is 5.82 Å². The van der Waals surface area contributed by atoms with Crippen molar-refractivity contribution in [2.24, 2.45) is 0 Å². The Bertz CT molecular complexity index is 452. The predicted molar refractivity (Wildman–Crippen MR) is 85.5 cm³/mol. The highest BCUT2D eigenvalue weighted by Crippen LogP contribution is 2.30. The number of rotatable bonds is 4. The zero-order chi connectivity index (χ0) is 15.7. The second-order valence-electron chi connectivity index (χ2n) is 7.40. The van der Waals surface area contributed by atoms with Gasteiger partial charge >= 0.3 is 0 Å². The van der Waals surface area contributed by atoms with Crippen LogP contribution in [0.3, 0.4) is 0 Å². The summed E-state index contributed by atoms with van der Waals surface area (Å²) in [4.78, 5) is 2.26. The Morgan fingerprint density at radius 2 is 1.76 bits per heavy atom. The van der Waals surface area contributed by atoms with Crippen molar-refractivity contribution < 1.29 is 4.74 Å². The minimum Gasteiger partial charge on any atom is -0.366 e. The molecule has 5 heteroatoms. The number of aromatic nitrogens is 2. The van der Waals surface area contributed by atoms with E-state index in [4.69, 9.17) is 4.74 Å². The van der Waals surface area contributed by atoms with Gasteiger partial charge in [0.1, 0.15) is 0 Å². The molecule has 2 heterocycles. The first-order valence-corrected chi connectivity index (χ1v) is 7.68. The molecule has 1 saturated heterocycles. The molecule has 5 nitrogen and oxygen atoms in total. The van der Waals surface area contributed by atoms with Crippen molar-refractivity contribution in [3.05, 3.63) is 17.8 Å². The van der Waals surface area contributed by atoms with Crippen molar-refractivity contribution in [2.75, 3.05) is 18.0 Å². The zero-order valence-electron chi connectivity index (χ0n) is 14.1. The quantitative estimate of drug-likeness (QED) is 0.923. The number of hydrogen-bond acceptors (Lipinski definition) is 5. The maximum atomic E-state index is 6.10. The topological polar surface area (TPSA) is 50.3 Å². The number of anilines is 1. The number of hydrogen-bond donors (Lipinski definition) is 1. The third kappa shape index (κ3) is 4.64. The summed E-state index contributed by atoms with van der Waals surface area (Å²) in [7, 11) is 0. The van der Waals surface area contributed by atoms with E-state index >= 15 is 0 Å². The fraction of sp³-hybridized carbons (Fsp3) is 0.750. The molecule has 0 radical (unpaired) electrons. The minimum absolute atomic E-state index is 0.179. The molecule has 1 aliphatic heterocycles. The molecule has 1 aromatic rings. The number of ether oxygens (including phenoxy) is 1. The van der Waals surface area contributed by atoms with Crippen molar-refractivity contribution in [1.29, 1.82) is 0 Å². The Labute approximate surface area is 128 Å². The van der Waals surface area contributed by atoms with Gasteiger partial charge in [-0.1, -0.05) is 13.8 Å². The molecule has 118 valence electrons. The standard InChI is InChI=1S/C16H28N4O/c1-12(2)17-9-13-7-8-14(19-18-13)20-10-15(3,4)21-16(5,6)11-20/h7-8,12,17H,9-11H2,1-6H3. The van der Waals surface area contributed by atoms with E-state index in [1.807, 2.05) is 6.07 Å². The van der Waals surface area contributed by atoms with Crippen molar-refractivity contribution in [3.63, 3.8) is 0 Å². The van der Waals surface area contributed by atoms with E-state index in [2.05, 4.69) is 68.0 Å². The van der Waals surface area contributed by atoms with Gasteiger partial charge in [0, 0.05) is 25.7 Å². The highest BCUT2D eigenvalue weighted by Gasteiger charge is 2.38. The smallest absolute Gasteiger partial charge is 0.151 e. The molecule has 0 amide bonds. The van der Waals surface area contributed by atoms with Gasteiger partial charge in [-0.2, -0.15) is 5.10 Å². The Morgan fingerprint density at radius 1 is 1.14 bits per heavy atom. The molecule has 0 aliphatic carbocycles. The van der Waals surface area contributed by atoms with Crippen LogP contribution in [0.15, 0.2) is 12.1 Å².